The molecule has 3 nitrogen and oxygen atoms in total. The van der Waals surface area contributed by atoms with Gasteiger partial charge in [0.1, 0.15) is 5.75 Å². The van der Waals surface area contributed by atoms with Crippen molar-refractivity contribution in [3.63, 3.8) is 0 Å². The molecule has 1 aliphatic heterocycles. The zero-order chi connectivity index (χ0) is 11.5. The molecular formula is C13H17NO2. The van der Waals surface area contributed by atoms with Crippen molar-refractivity contribution < 1.29 is 9.53 Å². The first-order valence-corrected chi connectivity index (χ1v) is 5.62. The molecule has 0 saturated carbocycles. The normalized spacial score (nSPS) is 19.6. The molecule has 1 amide bonds. The van der Waals surface area contributed by atoms with Crippen molar-refractivity contribution in [3.05, 3.63) is 29.3 Å². The molecule has 0 bridgehead atoms. The molecule has 0 aromatic heterocycles. The van der Waals surface area contributed by atoms with E-state index < -0.39 is 0 Å². The summed E-state index contributed by atoms with van der Waals surface area (Å²) in [6.45, 7) is 2.86. The number of hydrogen-bond donors (Lipinski definition) is 1. The van der Waals surface area contributed by atoms with Crippen LogP contribution < -0.4 is 10.1 Å². The molecule has 2 rings (SSSR count). The summed E-state index contributed by atoms with van der Waals surface area (Å²) < 4.78 is 5.31. The Labute approximate surface area is 95.8 Å². The fourth-order valence-electron chi connectivity index (χ4n) is 2.17. The van der Waals surface area contributed by atoms with Crippen molar-refractivity contribution in [1.82, 2.24) is 5.32 Å². The van der Waals surface area contributed by atoms with E-state index in [1.54, 1.807) is 7.11 Å². The fourth-order valence-corrected chi connectivity index (χ4v) is 2.17. The van der Waals surface area contributed by atoms with Crippen LogP contribution in [-0.2, 0) is 11.2 Å². The highest BCUT2D eigenvalue weighted by atomic mass is 16.5. The fraction of sp³-hybridized carbons (Fsp3) is 0.462. The van der Waals surface area contributed by atoms with Crippen LogP contribution in [0.15, 0.2) is 18.2 Å². The van der Waals surface area contributed by atoms with Crippen LogP contribution in [0.25, 0.3) is 0 Å². The van der Waals surface area contributed by atoms with Gasteiger partial charge in [0.25, 0.3) is 0 Å². The summed E-state index contributed by atoms with van der Waals surface area (Å²) in [6, 6.07) is 6.10. The summed E-state index contributed by atoms with van der Waals surface area (Å²) in [7, 11) is 1.67. The smallest absolute Gasteiger partial charge is 0.223 e. The molecule has 1 heterocycles. The Bertz CT molecular complexity index is 401. The van der Waals surface area contributed by atoms with E-state index in [4.69, 9.17) is 4.74 Å². The van der Waals surface area contributed by atoms with Gasteiger partial charge in [-0.25, -0.2) is 0 Å². The Hall–Kier alpha value is -1.51. The lowest BCUT2D eigenvalue weighted by Gasteiger charge is -2.12. The molecule has 1 atom stereocenters. The van der Waals surface area contributed by atoms with Crippen LogP contribution in [0.5, 0.6) is 5.75 Å². The second-order valence-corrected chi connectivity index (χ2v) is 4.30. The summed E-state index contributed by atoms with van der Waals surface area (Å²) in [5, 5.41) is 2.86. The molecule has 0 spiro atoms. The Morgan fingerprint density at radius 3 is 2.94 bits per heavy atom. The van der Waals surface area contributed by atoms with Crippen LogP contribution in [0.2, 0.25) is 0 Å². The maximum Gasteiger partial charge on any atom is 0.223 e. The van der Waals surface area contributed by atoms with E-state index in [1.807, 2.05) is 12.1 Å². The number of amides is 1. The topological polar surface area (TPSA) is 38.3 Å². The number of carbonyl (C=O) groups excluding carboxylic acids is 1. The van der Waals surface area contributed by atoms with Crippen LogP contribution in [-0.4, -0.2) is 19.6 Å². The molecule has 1 aromatic rings. The van der Waals surface area contributed by atoms with Gasteiger partial charge in [0.05, 0.1) is 7.11 Å². The molecule has 0 radical (unpaired) electrons. The summed E-state index contributed by atoms with van der Waals surface area (Å²) >= 11 is 0. The summed E-state index contributed by atoms with van der Waals surface area (Å²) in [5.41, 5.74) is 2.33. The number of rotatable bonds is 3. The number of methoxy groups -OCH3 is 1. The molecular weight excluding hydrogens is 202 g/mol. The highest BCUT2D eigenvalue weighted by molar-refractivity contribution is 5.81. The first-order valence-electron chi connectivity index (χ1n) is 5.62. The molecule has 1 aliphatic rings. The monoisotopic (exact) mass is 219 g/mol. The van der Waals surface area contributed by atoms with E-state index in [1.165, 1.54) is 5.56 Å². The quantitative estimate of drug-likeness (QED) is 0.840. The maximum absolute atomic E-state index is 11.5. The first kappa shape index (κ1) is 11.0. The molecule has 0 aliphatic carbocycles. The van der Waals surface area contributed by atoms with E-state index in [2.05, 4.69) is 18.3 Å². The minimum atomic E-state index is 0.107. The van der Waals surface area contributed by atoms with Crippen LogP contribution in [0.3, 0.4) is 0 Å². The molecule has 1 aromatic carbocycles. The highest BCUT2D eigenvalue weighted by Crippen LogP contribution is 2.25. The van der Waals surface area contributed by atoms with Crippen molar-refractivity contribution in [3.8, 4) is 5.75 Å². The van der Waals surface area contributed by atoms with Gasteiger partial charge in [-0.1, -0.05) is 17.7 Å². The van der Waals surface area contributed by atoms with Gasteiger partial charge in [0.15, 0.2) is 0 Å². The van der Waals surface area contributed by atoms with Crippen molar-refractivity contribution in [2.24, 2.45) is 5.92 Å². The third-order valence-electron chi connectivity index (χ3n) is 3.07. The lowest BCUT2D eigenvalue weighted by atomic mass is 9.96. The SMILES string of the molecule is COc1ccc(C)cc1CC1CCNC1=O. The van der Waals surface area contributed by atoms with E-state index in [0.717, 1.165) is 30.7 Å². The molecule has 1 N–H and O–H groups in total. The van der Waals surface area contributed by atoms with E-state index in [-0.39, 0.29) is 11.8 Å². The van der Waals surface area contributed by atoms with Crippen LogP contribution in [0.4, 0.5) is 0 Å². The van der Waals surface area contributed by atoms with Gasteiger partial charge in [-0.2, -0.15) is 0 Å². The summed E-state index contributed by atoms with van der Waals surface area (Å²) in [6.07, 6.45) is 1.70. The number of benzene rings is 1. The van der Waals surface area contributed by atoms with Crippen molar-refractivity contribution in [2.45, 2.75) is 19.8 Å². The van der Waals surface area contributed by atoms with Gasteiger partial charge in [-0.3, -0.25) is 4.79 Å². The zero-order valence-corrected chi connectivity index (χ0v) is 9.75. The van der Waals surface area contributed by atoms with E-state index >= 15 is 0 Å². The van der Waals surface area contributed by atoms with Gasteiger partial charge in [-0.05, 0) is 31.4 Å². The van der Waals surface area contributed by atoms with Gasteiger partial charge in [0.2, 0.25) is 5.91 Å². The van der Waals surface area contributed by atoms with Crippen LogP contribution in [0, 0.1) is 12.8 Å². The molecule has 16 heavy (non-hydrogen) atoms. The second-order valence-electron chi connectivity index (χ2n) is 4.30. The minimum absolute atomic E-state index is 0.107. The number of aryl methyl sites for hydroxylation is 1. The average molecular weight is 219 g/mol. The summed E-state index contributed by atoms with van der Waals surface area (Å²) in [4.78, 5) is 11.5. The first-order chi connectivity index (χ1) is 7.70. The number of ether oxygens (including phenoxy) is 1. The number of hydrogen-bond acceptors (Lipinski definition) is 2. The number of nitrogens with one attached hydrogen (secondary N) is 1. The predicted octanol–water partition coefficient (Wildman–Crippen LogP) is 1.68. The third-order valence-corrected chi connectivity index (χ3v) is 3.07. The molecule has 86 valence electrons. The average Bonchev–Trinajstić information content (AvgIpc) is 2.65. The minimum Gasteiger partial charge on any atom is -0.496 e. The molecule has 1 unspecified atom stereocenters. The maximum atomic E-state index is 11.5. The molecule has 1 saturated heterocycles. The Kier molecular flexibility index (Phi) is 3.13. The Morgan fingerprint density at radius 1 is 1.50 bits per heavy atom. The van der Waals surface area contributed by atoms with Crippen molar-refractivity contribution >= 4 is 5.91 Å². The molecule has 1 fully saturated rings. The van der Waals surface area contributed by atoms with Gasteiger partial charge < -0.3 is 10.1 Å². The van der Waals surface area contributed by atoms with Crippen LogP contribution in [0.1, 0.15) is 17.5 Å². The van der Waals surface area contributed by atoms with E-state index in [0.29, 0.717) is 0 Å². The van der Waals surface area contributed by atoms with Gasteiger partial charge in [-0.15, -0.1) is 0 Å². The highest BCUT2D eigenvalue weighted by Gasteiger charge is 2.25. The van der Waals surface area contributed by atoms with Crippen molar-refractivity contribution in [1.29, 1.82) is 0 Å². The van der Waals surface area contributed by atoms with Crippen LogP contribution >= 0.6 is 0 Å². The molecule has 3 heteroatoms. The summed E-state index contributed by atoms with van der Waals surface area (Å²) in [5.74, 6) is 1.16. The third kappa shape index (κ3) is 2.18. The lowest BCUT2D eigenvalue weighted by molar-refractivity contribution is -0.122. The standard InChI is InChI=1S/C13H17NO2/c1-9-3-4-12(16-2)11(7-9)8-10-5-6-14-13(10)15/h3-4,7,10H,5-6,8H2,1-2H3,(H,14,15). The van der Waals surface area contributed by atoms with Gasteiger partial charge in [0, 0.05) is 12.5 Å². The Balaban J connectivity index is 2.19. The largest absolute Gasteiger partial charge is 0.496 e. The number of carbonyl (C=O) groups is 1. The lowest BCUT2D eigenvalue weighted by Crippen LogP contribution is -2.20. The van der Waals surface area contributed by atoms with Crippen molar-refractivity contribution in [2.75, 3.05) is 13.7 Å². The van der Waals surface area contributed by atoms with E-state index in [9.17, 15) is 4.79 Å². The second kappa shape index (κ2) is 4.56. The Morgan fingerprint density at radius 2 is 2.31 bits per heavy atom. The van der Waals surface area contributed by atoms with Gasteiger partial charge >= 0.3 is 0 Å². The zero-order valence-electron chi connectivity index (χ0n) is 9.75. The predicted molar refractivity (Wildman–Crippen MR) is 62.6 cm³/mol.